The molecule has 0 aliphatic rings. The van der Waals surface area contributed by atoms with E-state index in [1.54, 1.807) is 0 Å². The molecule has 256 valence electrons. The molecule has 0 unspecified atom stereocenters. The third kappa shape index (κ3) is 5.19. The van der Waals surface area contributed by atoms with Gasteiger partial charge in [-0.25, -0.2) is 15.0 Å². The number of aromatic nitrogens is 3. The highest BCUT2D eigenvalue weighted by molar-refractivity contribution is 6.23. The number of nitrogens with zero attached hydrogens (tertiary/aromatic N) is 3. The molecule has 2 aromatic heterocycles. The van der Waals surface area contributed by atoms with Crippen LogP contribution in [0.25, 0.3) is 111 Å². The molecule has 11 rings (SSSR count). The lowest BCUT2D eigenvalue weighted by molar-refractivity contribution is 0.673. The van der Waals surface area contributed by atoms with Gasteiger partial charge in [0.05, 0.1) is 0 Å². The third-order valence-corrected chi connectivity index (χ3v) is 10.7. The molecular weight excluding hydrogens is 671 g/mol. The molecule has 0 saturated heterocycles. The Balaban J connectivity index is 1.13. The van der Waals surface area contributed by atoms with Crippen molar-refractivity contribution in [3.05, 3.63) is 188 Å². The zero-order valence-corrected chi connectivity index (χ0v) is 29.6. The summed E-state index contributed by atoms with van der Waals surface area (Å²) in [5, 5.41) is 9.08. The first-order valence-corrected chi connectivity index (χ1v) is 18.5. The summed E-state index contributed by atoms with van der Waals surface area (Å²) >= 11 is 0. The Morgan fingerprint density at radius 2 is 0.818 bits per heavy atom. The normalized spacial score (nSPS) is 11.6. The average Bonchev–Trinajstić information content (AvgIpc) is 3.65. The van der Waals surface area contributed by atoms with Crippen LogP contribution in [0, 0.1) is 0 Å². The summed E-state index contributed by atoms with van der Waals surface area (Å²) in [5.41, 5.74) is 9.05. The largest absolute Gasteiger partial charge is 0.455 e. The van der Waals surface area contributed by atoms with Crippen LogP contribution < -0.4 is 0 Å². The van der Waals surface area contributed by atoms with Crippen LogP contribution in [0.5, 0.6) is 0 Å². The fourth-order valence-corrected chi connectivity index (χ4v) is 8.14. The second kappa shape index (κ2) is 12.6. The second-order valence-corrected chi connectivity index (χ2v) is 13.9. The Morgan fingerprint density at radius 3 is 1.55 bits per heavy atom. The summed E-state index contributed by atoms with van der Waals surface area (Å²) in [6.45, 7) is 0. The summed E-state index contributed by atoms with van der Waals surface area (Å²) in [5.74, 6) is 1.82. The van der Waals surface area contributed by atoms with E-state index in [1.807, 2.05) is 42.5 Å². The monoisotopic (exact) mass is 701 g/mol. The van der Waals surface area contributed by atoms with Gasteiger partial charge in [0, 0.05) is 32.8 Å². The maximum absolute atomic E-state index is 6.75. The minimum absolute atomic E-state index is 0.593. The minimum atomic E-state index is 0.593. The van der Waals surface area contributed by atoms with Crippen LogP contribution in [0.3, 0.4) is 0 Å². The predicted molar refractivity (Wildman–Crippen MR) is 227 cm³/mol. The van der Waals surface area contributed by atoms with E-state index in [4.69, 9.17) is 19.4 Å². The Morgan fingerprint density at radius 1 is 0.309 bits per heavy atom. The third-order valence-electron chi connectivity index (χ3n) is 10.7. The molecule has 0 aliphatic heterocycles. The van der Waals surface area contributed by atoms with Crippen molar-refractivity contribution in [2.75, 3.05) is 0 Å². The molecule has 9 aromatic carbocycles. The average molecular weight is 702 g/mol. The summed E-state index contributed by atoms with van der Waals surface area (Å²) < 4.78 is 6.75. The van der Waals surface area contributed by atoms with E-state index < -0.39 is 0 Å². The second-order valence-electron chi connectivity index (χ2n) is 13.9. The van der Waals surface area contributed by atoms with Gasteiger partial charge in [-0.15, -0.1) is 0 Å². The van der Waals surface area contributed by atoms with Crippen LogP contribution in [0.1, 0.15) is 0 Å². The van der Waals surface area contributed by atoms with E-state index in [2.05, 4.69) is 146 Å². The highest BCUT2D eigenvalue weighted by Crippen LogP contribution is 2.44. The first-order chi connectivity index (χ1) is 27.3. The maximum atomic E-state index is 6.75. The number of hydrogen-bond donors (Lipinski definition) is 0. The van der Waals surface area contributed by atoms with Gasteiger partial charge in [-0.2, -0.15) is 0 Å². The van der Waals surface area contributed by atoms with Gasteiger partial charge in [0.25, 0.3) is 0 Å². The maximum Gasteiger partial charge on any atom is 0.164 e. The van der Waals surface area contributed by atoms with Crippen molar-refractivity contribution in [2.24, 2.45) is 0 Å². The van der Waals surface area contributed by atoms with Crippen molar-refractivity contribution >= 4 is 54.3 Å². The number of rotatable bonds is 5. The molecule has 4 heteroatoms. The topological polar surface area (TPSA) is 51.8 Å². The van der Waals surface area contributed by atoms with Crippen LogP contribution in [0.2, 0.25) is 0 Å². The molecule has 0 bridgehead atoms. The SMILES string of the molecule is c1ccc(-c2nc(-c3ccc(-c4cccc5ccccc45)cc3)nc(-c3cccc4oc5c6ccccc6c(-c6cccc7ccccc67)cc5c34)n2)cc1. The van der Waals surface area contributed by atoms with Crippen LogP contribution in [0.4, 0.5) is 0 Å². The molecule has 2 heterocycles. The molecule has 0 radical (unpaired) electrons. The van der Waals surface area contributed by atoms with Crippen molar-refractivity contribution in [1.82, 2.24) is 15.0 Å². The predicted octanol–water partition coefficient (Wildman–Crippen LogP) is 13.6. The Kier molecular flexibility index (Phi) is 7.14. The molecule has 11 aromatic rings. The van der Waals surface area contributed by atoms with Gasteiger partial charge < -0.3 is 4.42 Å². The van der Waals surface area contributed by atoms with E-state index >= 15 is 0 Å². The van der Waals surface area contributed by atoms with Gasteiger partial charge in [-0.05, 0) is 61.3 Å². The first-order valence-electron chi connectivity index (χ1n) is 18.5. The Bertz CT molecular complexity index is 3250. The molecule has 55 heavy (non-hydrogen) atoms. The zero-order valence-electron chi connectivity index (χ0n) is 29.6. The van der Waals surface area contributed by atoms with Gasteiger partial charge in [0.15, 0.2) is 17.5 Å². The number of benzene rings is 9. The lowest BCUT2D eigenvalue weighted by Crippen LogP contribution is -2.00. The lowest BCUT2D eigenvalue weighted by Gasteiger charge is -2.12. The van der Waals surface area contributed by atoms with Gasteiger partial charge in [-0.3, -0.25) is 0 Å². The van der Waals surface area contributed by atoms with Crippen molar-refractivity contribution < 1.29 is 4.42 Å². The smallest absolute Gasteiger partial charge is 0.164 e. The standard InChI is InChI=1S/C51H31N3O/c1-2-15-35(16-3-1)49-52-50(36-29-27-34(28-30-36)38-23-10-17-32-13-4-6-19-37(32)38)54-51(53-49)43-25-12-26-46-47(43)45-31-44(41-21-8-9-22-42(41)48(45)55-46)40-24-11-18-33-14-5-7-20-39(33)40/h1-31H. The number of fused-ring (bicyclic) bond motifs is 7. The van der Waals surface area contributed by atoms with Gasteiger partial charge in [-0.1, -0.05) is 176 Å². The molecule has 0 saturated carbocycles. The highest BCUT2D eigenvalue weighted by atomic mass is 16.3. The van der Waals surface area contributed by atoms with Gasteiger partial charge in [0.1, 0.15) is 11.2 Å². The fraction of sp³-hybridized carbons (Fsp3) is 0. The summed E-state index contributed by atoms with van der Waals surface area (Å²) in [4.78, 5) is 15.4. The van der Waals surface area contributed by atoms with Crippen LogP contribution in [-0.4, -0.2) is 15.0 Å². The molecule has 0 N–H and O–H groups in total. The van der Waals surface area contributed by atoms with Crippen LogP contribution in [-0.2, 0) is 0 Å². The molecule has 4 nitrogen and oxygen atoms in total. The summed E-state index contributed by atoms with van der Waals surface area (Å²) in [6, 6.07) is 65.7. The molecule has 0 aliphatic carbocycles. The van der Waals surface area contributed by atoms with Gasteiger partial charge >= 0.3 is 0 Å². The molecule has 0 amide bonds. The van der Waals surface area contributed by atoms with Crippen molar-refractivity contribution in [3.63, 3.8) is 0 Å². The Labute approximate surface area is 317 Å². The zero-order chi connectivity index (χ0) is 36.3. The first kappa shape index (κ1) is 31.1. The van der Waals surface area contributed by atoms with Gasteiger partial charge in [0.2, 0.25) is 0 Å². The molecule has 0 spiro atoms. The van der Waals surface area contributed by atoms with Crippen molar-refractivity contribution in [2.45, 2.75) is 0 Å². The fourth-order valence-electron chi connectivity index (χ4n) is 8.14. The van der Waals surface area contributed by atoms with E-state index in [9.17, 15) is 0 Å². The van der Waals surface area contributed by atoms with Crippen molar-refractivity contribution in [3.8, 4) is 56.4 Å². The molecular formula is C51H31N3O. The minimum Gasteiger partial charge on any atom is -0.455 e. The number of hydrogen-bond acceptors (Lipinski definition) is 4. The lowest BCUT2D eigenvalue weighted by atomic mass is 9.91. The number of furan rings is 1. The quantitative estimate of drug-likeness (QED) is 0.179. The van der Waals surface area contributed by atoms with Crippen LogP contribution in [0.15, 0.2) is 192 Å². The molecule has 0 fully saturated rings. The van der Waals surface area contributed by atoms with Crippen molar-refractivity contribution in [1.29, 1.82) is 0 Å². The van der Waals surface area contributed by atoms with E-state index in [-0.39, 0.29) is 0 Å². The Hall–Kier alpha value is -7.43. The summed E-state index contributed by atoms with van der Waals surface area (Å²) in [7, 11) is 0. The van der Waals surface area contributed by atoms with Crippen LogP contribution >= 0.6 is 0 Å². The van der Waals surface area contributed by atoms with E-state index in [0.717, 1.165) is 60.5 Å². The molecule has 0 atom stereocenters. The highest BCUT2D eigenvalue weighted by Gasteiger charge is 2.21. The van der Waals surface area contributed by atoms with E-state index in [1.165, 1.54) is 32.7 Å². The van der Waals surface area contributed by atoms with E-state index in [0.29, 0.717) is 17.5 Å². The summed E-state index contributed by atoms with van der Waals surface area (Å²) in [6.07, 6.45) is 0.